The van der Waals surface area contributed by atoms with Crippen LogP contribution < -0.4 is 5.32 Å². The zero-order valence-corrected chi connectivity index (χ0v) is 15.1. The van der Waals surface area contributed by atoms with E-state index in [1.807, 2.05) is 54.8 Å². The van der Waals surface area contributed by atoms with Gasteiger partial charge in [0.05, 0.1) is 12.2 Å². The van der Waals surface area contributed by atoms with Gasteiger partial charge in [0.25, 0.3) is 0 Å². The molecular formula is C21H20N2OS. The van der Waals surface area contributed by atoms with E-state index in [1.165, 1.54) is 11.1 Å². The smallest absolute Gasteiger partial charge is 0.244 e. The summed E-state index contributed by atoms with van der Waals surface area (Å²) in [6, 6.07) is 16.2. The van der Waals surface area contributed by atoms with Crippen LogP contribution in [-0.4, -0.2) is 10.9 Å². The summed E-state index contributed by atoms with van der Waals surface area (Å²) in [7, 11) is 0. The molecule has 1 heterocycles. The Bertz CT molecular complexity index is 894. The first-order chi connectivity index (χ1) is 12.1. The Hall–Kier alpha value is -2.72. The number of hydrogen-bond acceptors (Lipinski definition) is 3. The van der Waals surface area contributed by atoms with Crippen molar-refractivity contribution in [1.29, 1.82) is 0 Å². The van der Waals surface area contributed by atoms with Gasteiger partial charge in [-0.2, -0.15) is 0 Å². The Kier molecular flexibility index (Phi) is 5.41. The van der Waals surface area contributed by atoms with E-state index >= 15 is 0 Å². The summed E-state index contributed by atoms with van der Waals surface area (Å²) in [4.78, 5) is 16.6. The van der Waals surface area contributed by atoms with Crippen LogP contribution >= 0.6 is 11.3 Å². The summed E-state index contributed by atoms with van der Waals surface area (Å²) >= 11 is 1.60. The molecule has 0 aliphatic heterocycles. The zero-order valence-electron chi connectivity index (χ0n) is 14.3. The van der Waals surface area contributed by atoms with Gasteiger partial charge in [-0.05, 0) is 31.1 Å². The first kappa shape index (κ1) is 17.1. The highest BCUT2D eigenvalue weighted by molar-refractivity contribution is 7.13. The molecule has 126 valence electrons. The average Bonchev–Trinajstić information content (AvgIpc) is 3.08. The van der Waals surface area contributed by atoms with Gasteiger partial charge in [0.1, 0.15) is 5.01 Å². The van der Waals surface area contributed by atoms with Crippen molar-refractivity contribution in [2.75, 3.05) is 0 Å². The predicted octanol–water partition coefficient (Wildman–Crippen LogP) is 4.76. The zero-order chi connectivity index (χ0) is 17.6. The van der Waals surface area contributed by atoms with Crippen LogP contribution in [0.25, 0.3) is 16.6 Å². The number of thiazole rings is 1. The van der Waals surface area contributed by atoms with Gasteiger partial charge in [-0.1, -0.05) is 54.1 Å². The molecule has 1 N–H and O–H groups in total. The number of benzene rings is 2. The van der Waals surface area contributed by atoms with E-state index in [4.69, 9.17) is 0 Å². The summed E-state index contributed by atoms with van der Waals surface area (Å²) in [5, 5.41) is 5.85. The minimum absolute atomic E-state index is 0.119. The third-order valence-corrected chi connectivity index (χ3v) is 4.80. The summed E-state index contributed by atoms with van der Waals surface area (Å²) in [5.41, 5.74) is 5.43. The van der Waals surface area contributed by atoms with E-state index in [0.717, 1.165) is 21.8 Å². The van der Waals surface area contributed by atoms with Crippen LogP contribution in [0.4, 0.5) is 0 Å². The van der Waals surface area contributed by atoms with Crippen LogP contribution in [0.3, 0.4) is 0 Å². The van der Waals surface area contributed by atoms with E-state index < -0.39 is 0 Å². The molecular weight excluding hydrogens is 328 g/mol. The number of hydrogen-bond donors (Lipinski definition) is 1. The van der Waals surface area contributed by atoms with E-state index in [2.05, 4.69) is 29.4 Å². The van der Waals surface area contributed by atoms with Crippen LogP contribution in [0.2, 0.25) is 0 Å². The number of nitrogens with zero attached hydrogens (tertiary/aromatic N) is 1. The molecule has 2 aromatic carbocycles. The van der Waals surface area contributed by atoms with Gasteiger partial charge in [-0.25, -0.2) is 4.98 Å². The van der Waals surface area contributed by atoms with E-state index in [9.17, 15) is 4.79 Å². The lowest BCUT2D eigenvalue weighted by atomic mass is 10.1. The molecule has 0 radical (unpaired) electrons. The van der Waals surface area contributed by atoms with E-state index in [1.54, 1.807) is 17.4 Å². The van der Waals surface area contributed by atoms with Crippen molar-refractivity contribution in [2.24, 2.45) is 0 Å². The number of carbonyl (C=O) groups is 1. The highest BCUT2D eigenvalue weighted by Gasteiger charge is 2.07. The van der Waals surface area contributed by atoms with Crippen LogP contribution in [-0.2, 0) is 11.3 Å². The summed E-state index contributed by atoms with van der Waals surface area (Å²) < 4.78 is 0. The Morgan fingerprint density at radius 2 is 1.88 bits per heavy atom. The molecule has 0 aliphatic carbocycles. The number of aryl methyl sites for hydroxylation is 2. The molecule has 4 heteroatoms. The van der Waals surface area contributed by atoms with Crippen LogP contribution in [0.15, 0.2) is 60.0 Å². The summed E-state index contributed by atoms with van der Waals surface area (Å²) in [5.74, 6) is -0.119. The molecule has 3 rings (SSSR count). The van der Waals surface area contributed by atoms with E-state index in [-0.39, 0.29) is 5.91 Å². The Morgan fingerprint density at radius 3 is 2.64 bits per heavy atom. The second-order valence-electron chi connectivity index (χ2n) is 5.92. The predicted molar refractivity (Wildman–Crippen MR) is 104 cm³/mol. The van der Waals surface area contributed by atoms with Gasteiger partial charge in [0.15, 0.2) is 0 Å². The van der Waals surface area contributed by atoms with Gasteiger partial charge in [0.2, 0.25) is 5.91 Å². The molecule has 1 amide bonds. The standard InChI is InChI=1S/C21H20N2OS/c1-15-7-9-17(10-8-15)11-12-20(24)22-13-18-14-25-21(23-18)19-6-4-3-5-16(19)2/h3-12,14H,13H2,1-2H3,(H,22,24)/b12-11+. The number of carbonyl (C=O) groups excluding carboxylic acids is 1. The SMILES string of the molecule is Cc1ccc(/C=C/C(=O)NCc2csc(-c3ccccc3C)n2)cc1. The average molecular weight is 348 g/mol. The van der Waals surface area contributed by atoms with E-state index in [0.29, 0.717) is 6.54 Å². The molecule has 3 nitrogen and oxygen atoms in total. The lowest BCUT2D eigenvalue weighted by molar-refractivity contribution is -0.116. The first-order valence-corrected chi connectivity index (χ1v) is 9.03. The molecule has 1 aromatic heterocycles. The maximum Gasteiger partial charge on any atom is 0.244 e. The number of nitrogens with one attached hydrogen (secondary N) is 1. The van der Waals surface area contributed by atoms with Gasteiger partial charge in [-0.15, -0.1) is 11.3 Å². The molecule has 0 saturated heterocycles. The normalized spacial score (nSPS) is 11.0. The fourth-order valence-electron chi connectivity index (χ4n) is 2.41. The van der Waals surface area contributed by atoms with Crippen LogP contribution in [0, 0.1) is 13.8 Å². The lowest BCUT2D eigenvalue weighted by Crippen LogP contribution is -2.20. The van der Waals surface area contributed by atoms with Crippen molar-refractivity contribution in [3.8, 4) is 10.6 Å². The Balaban J connectivity index is 1.58. The third-order valence-electron chi connectivity index (χ3n) is 3.88. The number of aromatic nitrogens is 1. The molecule has 0 unspecified atom stereocenters. The maximum atomic E-state index is 12.0. The molecule has 0 atom stereocenters. The van der Waals surface area contributed by atoms with Crippen molar-refractivity contribution >= 4 is 23.3 Å². The number of rotatable bonds is 5. The second-order valence-corrected chi connectivity index (χ2v) is 6.78. The van der Waals surface area contributed by atoms with Crippen molar-refractivity contribution in [3.63, 3.8) is 0 Å². The van der Waals surface area contributed by atoms with Gasteiger partial charge in [-0.3, -0.25) is 4.79 Å². The second kappa shape index (κ2) is 7.90. The maximum absolute atomic E-state index is 12.0. The van der Waals surface area contributed by atoms with Gasteiger partial charge in [0, 0.05) is 17.0 Å². The van der Waals surface area contributed by atoms with Crippen molar-refractivity contribution < 1.29 is 4.79 Å². The highest BCUT2D eigenvalue weighted by atomic mass is 32.1. The quantitative estimate of drug-likeness (QED) is 0.676. The minimum atomic E-state index is -0.119. The van der Waals surface area contributed by atoms with Crippen LogP contribution in [0.1, 0.15) is 22.4 Å². The molecule has 0 bridgehead atoms. The van der Waals surface area contributed by atoms with Crippen molar-refractivity contribution in [2.45, 2.75) is 20.4 Å². The van der Waals surface area contributed by atoms with Crippen molar-refractivity contribution in [1.82, 2.24) is 10.3 Å². The molecule has 0 saturated carbocycles. The first-order valence-electron chi connectivity index (χ1n) is 8.15. The molecule has 3 aromatic rings. The summed E-state index contributed by atoms with van der Waals surface area (Å²) in [6.45, 7) is 4.55. The largest absolute Gasteiger partial charge is 0.347 e. The molecule has 25 heavy (non-hydrogen) atoms. The Morgan fingerprint density at radius 1 is 1.12 bits per heavy atom. The lowest BCUT2D eigenvalue weighted by Gasteiger charge is -2.01. The van der Waals surface area contributed by atoms with Crippen LogP contribution in [0.5, 0.6) is 0 Å². The Labute approximate surface area is 152 Å². The fourth-order valence-corrected chi connectivity index (χ4v) is 3.32. The molecule has 0 fully saturated rings. The van der Waals surface area contributed by atoms with Gasteiger partial charge < -0.3 is 5.32 Å². The molecule has 0 aliphatic rings. The monoisotopic (exact) mass is 348 g/mol. The third kappa shape index (κ3) is 4.64. The number of amides is 1. The molecule has 0 spiro atoms. The fraction of sp³-hybridized carbons (Fsp3) is 0.143. The van der Waals surface area contributed by atoms with Crippen molar-refractivity contribution in [3.05, 3.63) is 82.4 Å². The van der Waals surface area contributed by atoms with Gasteiger partial charge >= 0.3 is 0 Å². The minimum Gasteiger partial charge on any atom is -0.347 e. The summed E-state index contributed by atoms with van der Waals surface area (Å²) in [6.07, 6.45) is 3.37. The highest BCUT2D eigenvalue weighted by Crippen LogP contribution is 2.26. The topological polar surface area (TPSA) is 42.0 Å².